The van der Waals surface area contributed by atoms with Crippen molar-refractivity contribution in [3.63, 3.8) is 0 Å². The molecule has 2 aromatic heterocycles. The zero-order valence-corrected chi connectivity index (χ0v) is 12.0. The van der Waals surface area contributed by atoms with E-state index in [0.717, 1.165) is 19.6 Å². The van der Waals surface area contributed by atoms with Gasteiger partial charge in [-0.25, -0.2) is 0 Å². The van der Waals surface area contributed by atoms with Crippen LogP contribution in [-0.4, -0.2) is 40.3 Å². The molecule has 4 rings (SSSR count). The van der Waals surface area contributed by atoms with Gasteiger partial charge in [0.25, 0.3) is 5.89 Å². The molecular weight excluding hydrogens is 268 g/mol. The van der Waals surface area contributed by atoms with Gasteiger partial charge in [0.2, 0.25) is 5.89 Å². The van der Waals surface area contributed by atoms with Crippen molar-refractivity contribution in [2.75, 3.05) is 13.1 Å². The average Bonchev–Trinajstić information content (AvgIpc) is 3.28. The quantitative estimate of drug-likeness (QED) is 0.928. The molecule has 21 heavy (non-hydrogen) atoms. The predicted molar refractivity (Wildman–Crippen MR) is 76.5 cm³/mol. The number of furan rings is 1. The molecule has 2 aromatic rings. The molecule has 4 heterocycles. The van der Waals surface area contributed by atoms with Crippen LogP contribution < -0.4 is 5.32 Å². The lowest BCUT2D eigenvalue weighted by Gasteiger charge is -2.28. The van der Waals surface area contributed by atoms with Gasteiger partial charge in [0.15, 0.2) is 5.76 Å². The maximum absolute atomic E-state index is 5.72. The average molecular weight is 288 g/mol. The van der Waals surface area contributed by atoms with Gasteiger partial charge in [-0.3, -0.25) is 4.90 Å². The summed E-state index contributed by atoms with van der Waals surface area (Å²) < 4.78 is 11.0. The normalized spacial score (nSPS) is 26.7. The molecule has 6 nitrogen and oxygen atoms in total. The van der Waals surface area contributed by atoms with Gasteiger partial charge in [-0.05, 0) is 50.9 Å². The highest BCUT2D eigenvalue weighted by Gasteiger charge is 2.33. The lowest BCUT2D eigenvalue weighted by atomic mass is 10.0. The van der Waals surface area contributed by atoms with E-state index in [1.807, 2.05) is 12.1 Å². The van der Waals surface area contributed by atoms with Gasteiger partial charge in [0.05, 0.1) is 12.8 Å². The fourth-order valence-corrected chi connectivity index (χ4v) is 3.53. The summed E-state index contributed by atoms with van der Waals surface area (Å²) in [4.78, 5) is 2.47. The second kappa shape index (κ2) is 5.61. The molecule has 2 aliphatic rings. The lowest BCUT2D eigenvalue weighted by molar-refractivity contribution is 0.189. The third kappa shape index (κ3) is 2.61. The van der Waals surface area contributed by atoms with E-state index in [1.54, 1.807) is 6.26 Å². The van der Waals surface area contributed by atoms with Crippen molar-refractivity contribution >= 4 is 0 Å². The summed E-state index contributed by atoms with van der Waals surface area (Å²) in [5.74, 6) is 1.76. The summed E-state index contributed by atoms with van der Waals surface area (Å²) >= 11 is 0. The Balaban J connectivity index is 1.45. The van der Waals surface area contributed by atoms with Crippen LogP contribution >= 0.6 is 0 Å². The number of nitrogens with one attached hydrogen (secondary N) is 1. The molecule has 1 N–H and O–H groups in total. The zero-order valence-electron chi connectivity index (χ0n) is 12.0. The van der Waals surface area contributed by atoms with Gasteiger partial charge < -0.3 is 14.2 Å². The van der Waals surface area contributed by atoms with Crippen molar-refractivity contribution < 1.29 is 8.83 Å². The highest BCUT2D eigenvalue weighted by molar-refractivity contribution is 5.42. The van der Waals surface area contributed by atoms with Crippen LogP contribution in [0.5, 0.6) is 0 Å². The monoisotopic (exact) mass is 288 g/mol. The van der Waals surface area contributed by atoms with E-state index in [0.29, 0.717) is 29.6 Å². The molecule has 0 saturated carbocycles. The van der Waals surface area contributed by atoms with Crippen molar-refractivity contribution in [3.05, 3.63) is 24.3 Å². The van der Waals surface area contributed by atoms with Gasteiger partial charge >= 0.3 is 0 Å². The Bertz CT molecular complexity index is 574. The largest absolute Gasteiger partial charge is 0.459 e. The van der Waals surface area contributed by atoms with E-state index in [9.17, 15) is 0 Å². The molecule has 0 aromatic carbocycles. The van der Waals surface area contributed by atoms with E-state index < -0.39 is 0 Å². The van der Waals surface area contributed by atoms with Crippen molar-refractivity contribution in [1.29, 1.82) is 0 Å². The van der Waals surface area contributed by atoms with Gasteiger partial charge in [0, 0.05) is 12.1 Å². The minimum absolute atomic E-state index is 0.463. The Morgan fingerprint density at radius 3 is 3.10 bits per heavy atom. The Morgan fingerprint density at radius 2 is 2.29 bits per heavy atom. The van der Waals surface area contributed by atoms with Gasteiger partial charge in [-0.15, -0.1) is 10.2 Å². The number of nitrogens with zero attached hydrogens (tertiary/aromatic N) is 3. The van der Waals surface area contributed by atoms with Crippen LogP contribution in [0, 0.1) is 0 Å². The van der Waals surface area contributed by atoms with Crippen LogP contribution in [0.4, 0.5) is 0 Å². The van der Waals surface area contributed by atoms with E-state index in [-0.39, 0.29) is 0 Å². The number of hydrogen-bond acceptors (Lipinski definition) is 6. The first-order valence-corrected chi connectivity index (χ1v) is 7.74. The molecule has 0 radical (unpaired) electrons. The summed E-state index contributed by atoms with van der Waals surface area (Å²) in [6, 6.07) is 4.88. The zero-order chi connectivity index (χ0) is 14.1. The van der Waals surface area contributed by atoms with Gasteiger partial charge in [-0.1, -0.05) is 0 Å². The molecule has 0 bridgehead atoms. The smallest absolute Gasteiger partial charge is 0.283 e. The molecule has 2 aliphatic heterocycles. The van der Waals surface area contributed by atoms with E-state index >= 15 is 0 Å². The molecular formula is C15H20N4O2. The molecule has 2 saturated heterocycles. The Labute approximate surface area is 123 Å². The second-order valence-electron chi connectivity index (χ2n) is 5.86. The third-order valence-corrected chi connectivity index (χ3v) is 4.51. The van der Waals surface area contributed by atoms with Crippen LogP contribution in [0.15, 0.2) is 27.2 Å². The first kappa shape index (κ1) is 13.0. The third-order valence-electron chi connectivity index (χ3n) is 4.51. The molecule has 112 valence electrons. The van der Waals surface area contributed by atoms with Crippen molar-refractivity contribution in [2.24, 2.45) is 0 Å². The topological polar surface area (TPSA) is 67.3 Å². The van der Waals surface area contributed by atoms with Crippen LogP contribution in [0.3, 0.4) is 0 Å². The first-order valence-electron chi connectivity index (χ1n) is 7.74. The minimum Gasteiger partial charge on any atom is -0.459 e. The Kier molecular flexibility index (Phi) is 3.48. The standard InChI is InChI=1S/C15H20N4O2/c1-4-11(16-7-1)12-5-2-8-19(12)10-14-17-18-15(21-14)13-6-3-9-20-13/h3,6,9,11-12,16H,1-2,4-5,7-8,10H2. The van der Waals surface area contributed by atoms with E-state index in [4.69, 9.17) is 8.83 Å². The molecule has 2 fully saturated rings. The van der Waals surface area contributed by atoms with Crippen LogP contribution in [0.25, 0.3) is 11.7 Å². The van der Waals surface area contributed by atoms with Crippen LogP contribution in [0.2, 0.25) is 0 Å². The van der Waals surface area contributed by atoms with Gasteiger partial charge in [-0.2, -0.15) is 0 Å². The molecule has 0 aliphatic carbocycles. The fraction of sp³-hybridized carbons (Fsp3) is 0.600. The molecule has 2 atom stereocenters. The summed E-state index contributed by atoms with van der Waals surface area (Å²) in [5.41, 5.74) is 0. The summed E-state index contributed by atoms with van der Waals surface area (Å²) in [6.45, 7) is 3.00. The van der Waals surface area contributed by atoms with E-state index in [1.165, 1.54) is 25.7 Å². The number of likely N-dealkylation sites (tertiary alicyclic amines) is 1. The Morgan fingerprint density at radius 1 is 1.29 bits per heavy atom. The maximum atomic E-state index is 5.72. The SMILES string of the molecule is c1coc(-c2nnc(CN3CCCC3C3CCCN3)o2)c1. The maximum Gasteiger partial charge on any atom is 0.283 e. The van der Waals surface area contributed by atoms with E-state index in [2.05, 4.69) is 20.4 Å². The second-order valence-corrected chi connectivity index (χ2v) is 5.86. The lowest BCUT2D eigenvalue weighted by Crippen LogP contribution is -2.43. The minimum atomic E-state index is 0.463. The van der Waals surface area contributed by atoms with Crippen LogP contribution in [0.1, 0.15) is 31.6 Å². The van der Waals surface area contributed by atoms with Crippen molar-refractivity contribution in [2.45, 2.75) is 44.3 Å². The highest BCUT2D eigenvalue weighted by atomic mass is 16.4. The van der Waals surface area contributed by atoms with Crippen molar-refractivity contribution in [3.8, 4) is 11.7 Å². The highest BCUT2D eigenvalue weighted by Crippen LogP contribution is 2.27. The number of rotatable bonds is 4. The summed E-state index contributed by atoms with van der Waals surface area (Å²) in [5, 5.41) is 11.8. The predicted octanol–water partition coefficient (Wildman–Crippen LogP) is 2.05. The molecule has 0 spiro atoms. The van der Waals surface area contributed by atoms with Gasteiger partial charge in [0.1, 0.15) is 0 Å². The number of hydrogen-bond donors (Lipinski definition) is 1. The number of aromatic nitrogens is 2. The molecule has 2 unspecified atom stereocenters. The summed E-state index contributed by atoms with van der Waals surface area (Å²) in [6.07, 6.45) is 6.70. The Hall–Kier alpha value is -1.66. The van der Waals surface area contributed by atoms with Crippen molar-refractivity contribution in [1.82, 2.24) is 20.4 Å². The molecule has 6 heteroatoms. The fourth-order valence-electron chi connectivity index (χ4n) is 3.53. The first-order chi connectivity index (χ1) is 10.4. The van der Waals surface area contributed by atoms with Crippen LogP contribution in [-0.2, 0) is 6.54 Å². The molecule has 0 amide bonds. The summed E-state index contributed by atoms with van der Waals surface area (Å²) in [7, 11) is 0.